The molecule has 0 aromatic heterocycles. The molecule has 1 aliphatic carbocycles. The largest absolute Gasteiger partial charge is 0.395 e. The average molecular weight is 471 g/mol. The number of hydrogen-bond donors (Lipinski definition) is 5. The second kappa shape index (κ2) is 13.4. The number of rotatable bonds is 14. The number of carbonyl (C=O) groups is 2. The molecule has 0 bridgehead atoms. The Balaban J connectivity index is 2.12. The minimum Gasteiger partial charge on any atom is -0.395 e. The fraction of sp³-hybridized carbons (Fsp3) is 0.833. The van der Waals surface area contributed by atoms with E-state index in [0.717, 1.165) is 51.4 Å². The molecular weight excluding hydrogens is 428 g/mol. The van der Waals surface area contributed by atoms with Crippen molar-refractivity contribution in [2.45, 2.75) is 115 Å². The predicted octanol–water partition coefficient (Wildman–Crippen LogP) is 1.29. The van der Waals surface area contributed by atoms with Gasteiger partial charge in [-0.3, -0.25) is 9.59 Å². The van der Waals surface area contributed by atoms with E-state index in [2.05, 4.69) is 24.5 Å². The summed E-state index contributed by atoms with van der Waals surface area (Å²) in [6, 6.07) is -1.18. The lowest BCUT2D eigenvalue weighted by Crippen LogP contribution is -2.53. The molecule has 2 amide bonds. The van der Waals surface area contributed by atoms with E-state index >= 15 is 0 Å². The molecule has 1 aliphatic heterocycles. The van der Waals surface area contributed by atoms with Crippen LogP contribution in [0.1, 0.15) is 78.6 Å². The van der Waals surface area contributed by atoms with Crippen LogP contribution in [0.2, 0.25) is 0 Å². The molecule has 9 nitrogen and oxygen atoms in total. The average Bonchev–Trinajstić information content (AvgIpc) is 3.15. The topological polar surface area (TPSA) is 137 Å². The number of carbonyl (C=O) groups excluding carboxylic acids is 2. The molecular formula is C24H42N2O7. The molecule has 1 saturated heterocycles. The van der Waals surface area contributed by atoms with Gasteiger partial charge in [0, 0.05) is 31.4 Å². The van der Waals surface area contributed by atoms with Crippen LogP contribution in [0.3, 0.4) is 0 Å². The number of aliphatic hydroxyl groups excluding tert-OH is 3. The molecule has 9 heteroatoms. The van der Waals surface area contributed by atoms with E-state index in [1.807, 2.05) is 0 Å². The Kier molecular flexibility index (Phi) is 11.2. The fourth-order valence-corrected chi connectivity index (χ4v) is 4.44. The van der Waals surface area contributed by atoms with Gasteiger partial charge in [0.25, 0.3) is 0 Å². The summed E-state index contributed by atoms with van der Waals surface area (Å²) >= 11 is 0. The Bertz CT molecular complexity index is 657. The first kappa shape index (κ1) is 27.7. The fourth-order valence-electron chi connectivity index (χ4n) is 4.44. The van der Waals surface area contributed by atoms with E-state index in [0.29, 0.717) is 5.57 Å². The van der Waals surface area contributed by atoms with Crippen LogP contribution in [0.4, 0.5) is 0 Å². The number of ether oxygens (including phenoxy) is 2. The minimum absolute atomic E-state index is 0.0203. The second-order valence-electron chi connectivity index (χ2n) is 9.16. The molecule has 0 aromatic rings. The Hall–Kier alpha value is -1.52. The number of hydrogen-bond acceptors (Lipinski definition) is 7. The van der Waals surface area contributed by atoms with E-state index in [-0.39, 0.29) is 19.6 Å². The Morgan fingerprint density at radius 1 is 1.15 bits per heavy atom. The summed E-state index contributed by atoms with van der Waals surface area (Å²) < 4.78 is 12.7. The lowest BCUT2D eigenvalue weighted by Gasteiger charge is -2.29. The van der Waals surface area contributed by atoms with E-state index in [1.54, 1.807) is 6.08 Å². The van der Waals surface area contributed by atoms with Crippen molar-refractivity contribution in [2.75, 3.05) is 13.2 Å². The first-order valence-electron chi connectivity index (χ1n) is 12.4. The summed E-state index contributed by atoms with van der Waals surface area (Å²) in [6.07, 6.45) is 6.36. The highest BCUT2D eigenvalue weighted by Gasteiger charge is 2.50. The van der Waals surface area contributed by atoms with Gasteiger partial charge >= 0.3 is 0 Å². The van der Waals surface area contributed by atoms with E-state index in [9.17, 15) is 19.8 Å². The standard InChI is InChI=1S/C24H42N2O7/c1-4-6-8-10-24(11-9-7-5-2)32-19-15-17(14-18(29)21(19)33-24)22(30)26-20(16(3)28)23(31)25-12-13-27/h15-16,18-21,27-29H,4-14H2,1-3H3,(H,25,31)(H,26,30). The molecule has 33 heavy (non-hydrogen) atoms. The molecule has 1 fully saturated rings. The number of unbranched alkanes of at least 4 members (excludes halogenated alkanes) is 4. The Morgan fingerprint density at radius 2 is 1.79 bits per heavy atom. The maximum absolute atomic E-state index is 12.9. The van der Waals surface area contributed by atoms with Crippen molar-refractivity contribution in [3.05, 3.63) is 11.6 Å². The summed E-state index contributed by atoms with van der Waals surface area (Å²) in [5.41, 5.74) is 0.297. The van der Waals surface area contributed by atoms with Crippen LogP contribution < -0.4 is 10.6 Å². The quantitative estimate of drug-likeness (QED) is 0.241. The summed E-state index contributed by atoms with van der Waals surface area (Å²) in [4.78, 5) is 25.1. The molecule has 1 heterocycles. The van der Waals surface area contributed by atoms with Crippen LogP contribution >= 0.6 is 0 Å². The van der Waals surface area contributed by atoms with Crippen LogP contribution in [-0.4, -0.2) is 76.5 Å². The zero-order chi connectivity index (χ0) is 24.4. The van der Waals surface area contributed by atoms with Gasteiger partial charge in [0.15, 0.2) is 5.79 Å². The summed E-state index contributed by atoms with van der Waals surface area (Å²) in [6.45, 7) is 5.46. The highest BCUT2D eigenvalue weighted by atomic mass is 16.8. The monoisotopic (exact) mass is 470 g/mol. The molecule has 2 rings (SSSR count). The van der Waals surface area contributed by atoms with Crippen molar-refractivity contribution < 1.29 is 34.4 Å². The minimum atomic E-state index is -1.18. The van der Waals surface area contributed by atoms with Gasteiger partial charge in [-0.15, -0.1) is 0 Å². The van der Waals surface area contributed by atoms with Gasteiger partial charge in [0.1, 0.15) is 18.2 Å². The van der Waals surface area contributed by atoms with Crippen molar-refractivity contribution in [1.82, 2.24) is 10.6 Å². The first-order valence-corrected chi connectivity index (χ1v) is 12.4. The van der Waals surface area contributed by atoms with Crippen molar-refractivity contribution in [2.24, 2.45) is 0 Å². The molecule has 5 N–H and O–H groups in total. The SMILES string of the molecule is CCCCCC1(CCCCC)OC2C=C(C(=O)NC(C(=O)NCCO)C(C)O)CC(O)C2O1. The van der Waals surface area contributed by atoms with Gasteiger partial charge in [-0.05, 0) is 25.8 Å². The van der Waals surface area contributed by atoms with E-state index in [4.69, 9.17) is 14.6 Å². The summed E-state index contributed by atoms with van der Waals surface area (Å²) in [5.74, 6) is -1.89. The maximum Gasteiger partial charge on any atom is 0.247 e. The Morgan fingerprint density at radius 3 is 2.33 bits per heavy atom. The highest BCUT2D eigenvalue weighted by molar-refractivity contribution is 5.97. The predicted molar refractivity (Wildman–Crippen MR) is 123 cm³/mol. The van der Waals surface area contributed by atoms with Crippen LogP contribution in [0.15, 0.2) is 11.6 Å². The van der Waals surface area contributed by atoms with Gasteiger partial charge in [-0.25, -0.2) is 0 Å². The second-order valence-corrected chi connectivity index (χ2v) is 9.16. The van der Waals surface area contributed by atoms with Crippen molar-refractivity contribution in [3.8, 4) is 0 Å². The number of fused-ring (bicyclic) bond motifs is 1. The molecule has 0 spiro atoms. The van der Waals surface area contributed by atoms with Crippen LogP contribution in [0, 0.1) is 0 Å². The molecule has 2 aliphatic rings. The van der Waals surface area contributed by atoms with Crippen molar-refractivity contribution >= 4 is 11.8 Å². The van der Waals surface area contributed by atoms with E-state index < -0.39 is 48.1 Å². The van der Waals surface area contributed by atoms with Gasteiger partial charge in [0.2, 0.25) is 11.8 Å². The zero-order valence-electron chi connectivity index (χ0n) is 20.2. The van der Waals surface area contributed by atoms with Gasteiger partial charge in [-0.2, -0.15) is 0 Å². The van der Waals surface area contributed by atoms with Gasteiger partial charge in [0.05, 0.1) is 18.8 Å². The van der Waals surface area contributed by atoms with E-state index in [1.165, 1.54) is 6.92 Å². The maximum atomic E-state index is 12.9. The van der Waals surface area contributed by atoms with Gasteiger partial charge in [-0.1, -0.05) is 39.5 Å². The number of amides is 2. The first-order chi connectivity index (χ1) is 15.8. The van der Waals surface area contributed by atoms with Crippen molar-refractivity contribution in [3.63, 3.8) is 0 Å². The van der Waals surface area contributed by atoms with Crippen LogP contribution in [0.5, 0.6) is 0 Å². The molecule has 0 aromatic carbocycles. The normalized spacial score (nSPS) is 25.6. The van der Waals surface area contributed by atoms with Gasteiger partial charge < -0.3 is 35.4 Å². The van der Waals surface area contributed by atoms with Crippen molar-refractivity contribution in [1.29, 1.82) is 0 Å². The molecule has 5 unspecified atom stereocenters. The molecule has 0 saturated carbocycles. The highest BCUT2D eigenvalue weighted by Crippen LogP contribution is 2.42. The zero-order valence-corrected chi connectivity index (χ0v) is 20.2. The molecule has 0 radical (unpaired) electrons. The number of nitrogens with one attached hydrogen (secondary N) is 2. The molecule has 190 valence electrons. The van der Waals surface area contributed by atoms with Crippen LogP contribution in [-0.2, 0) is 19.1 Å². The Labute approximate surface area is 196 Å². The smallest absolute Gasteiger partial charge is 0.247 e. The number of aliphatic hydroxyl groups is 3. The molecule has 5 atom stereocenters. The third kappa shape index (κ3) is 7.75. The lowest BCUT2D eigenvalue weighted by molar-refractivity contribution is -0.190. The summed E-state index contributed by atoms with van der Waals surface area (Å²) in [7, 11) is 0. The lowest BCUT2D eigenvalue weighted by atomic mass is 9.91. The van der Waals surface area contributed by atoms with Crippen LogP contribution in [0.25, 0.3) is 0 Å². The third-order valence-corrected chi connectivity index (χ3v) is 6.28. The summed E-state index contributed by atoms with van der Waals surface area (Å²) in [5, 5.41) is 34.6. The third-order valence-electron chi connectivity index (χ3n) is 6.28.